The van der Waals surface area contributed by atoms with Crippen molar-refractivity contribution >= 4 is 17.3 Å². The van der Waals surface area contributed by atoms with Crippen LogP contribution in [0.5, 0.6) is 0 Å². The number of carboxylic acids is 1. The van der Waals surface area contributed by atoms with Gasteiger partial charge < -0.3 is 10.4 Å². The minimum atomic E-state index is -0.945. The highest BCUT2D eigenvalue weighted by atomic mass is 16.6. The summed E-state index contributed by atoms with van der Waals surface area (Å²) in [4.78, 5) is 21.6. The number of carbonyl (C=O) groups is 1. The normalized spacial score (nSPS) is 11.6. The van der Waals surface area contributed by atoms with E-state index in [4.69, 9.17) is 0 Å². The summed E-state index contributed by atoms with van der Waals surface area (Å²) in [5.41, 5.74) is 1.17. The number of anilines is 1. The Morgan fingerprint density at radius 2 is 1.90 bits per heavy atom. The minimum Gasteiger partial charge on any atom is -0.481 e. The Bertz CT molecular complexity index is 643. The number of nitrogens with one attached hydrogen (secondary N) is 1. The molecule has 0 saturated heterocycles. The Morgan fingerprint density at radius 3 is 2.52 bits per heavy atom. The number of carboxylic acid groups (broad SMARTS) is 1. The Hall–Kier alpha value is -2.89. The zero-order chi connectivity index (χ0) is 15.2. The van der Waals surface area contributed by atoms with Crippen LogP contribution in [0.4, 0.5) is 11.4 Å². The quantitative estimate of drug-likeness (QED) is 0.629. The lowest BCUT2D eigenvalue weighted by molar-refractivity contribution is -0.384. The summed E-state index contributed by atoms with van der Waals surface area (Å²) in [6.07, 6.45) is 0. The number of hydrogen-bond acceptors (Lipinski definition) is 4. The third kappa shape index (κ3) is 3.79. The molecule has 0 fully saturated rings. The van der Waals surface area contributed by atoms with Crippen molar-refractivity contribution in [1.82, 2.24) is 0 Å². The van der Waals surface area contributed by atoms with Crippen LogP contribution < -0.4 is 5.32 Å². The number of benzene rings is 2. The molecule has 1 unspecified atom stereocenters. The molecule has 0 aromatic heterocycles. The van der Waals surface area contributed by atoms with Crippen molar-refractivity contribution < 1.29 is 14.8 Å². The lowest BCUT2D eigenvalue weighted by atomic mass is 9.99. The molecular formula is C15H14N2O4. The van der Waals surface area contributed by atoms with Crippen LogP contribution in [0, 0.1) is 10.1 Å². The molecule has 0 bridgehead atoms. The fourth-order valence-corrected chi connectivity index (χ4v) is 1.98. The first-order chi connectivity index (χ1) is 10.1. The Morgan fingerprint density at radius 1 is 1.19 bits per heavy atom. The molecule has 1 atom stereocenters. The van der Waals surface area contributed by atoms with Crippen molar-refractivity contribution in [2.75, 3.05) is 11.9 Å². The molecular weight excluding hydrogens is 272 g/mol. The Balaban J connectivity index is 2.11. The summed E-state index contributed by atoms with van der Waals surface area (Å²) in [5, 5.41) is 22.9. The number of aliphatic carboxylic acids is 1. The topological polar surface area (TPSA) is 92.5 Å². The molecule has 6 nitrogen and oxygen atoms in total. The van der Waals surface area contributed by atoms with Gasteiger partial charge in [-0.15, -0.1) is 0 Å². The van der Waals surface area contributed by atoms with Gasteiger partial charge in [-0.3, -0.25) is 14.9 Å². The molecule has 0 spiro atoms. The highest BCUT2D eigenvalue weighted by molar-refractivity contribution is 5.77. The third-order valence-corrected chi connectivity index (χ3v) is 3.07. The second-order valence-corrected chi connectivity index (χ2v) is 4.49. The van der Waals surface area contributed by atoms with Gasteiger partial charge in [0.15, 0.2) is 0 Å². The molecule has 0 saturated carbocycles. The maximum absolute atomic E-state index is 11.3. The number of hydrogen-bond donors (Lipinski definition) is 2. The number of rotatable bonds is 6. The van der Waals surface area contributed by atoms with E-state index in [9.17, 15) is 20.0 Å². The van der Waals surface area contributed by atoms with Crippen LogP contribution in [0.2, 0.25) is 0 Å². The largest absolute Gasteiger partial charge is 0.481 e. The lowest BCUT2D eigenvalue weighted by Crippen LogP contribution is -2.20. The molecule has 2 rings (SSSR count). The van der Waals surface area contributed by atoms with Crippen LogP contribution in [0.15, 0.2) is 54.6 Å². The highest BCUT2D eigenvalue weighted by Gasteiger charge is 2.19. The third-order valence-electron chi connectivity index (χ3n) is 3.07. The van der Waals surface area contributed by atoms with Gasteiger partial charge >= 0.3 is 5.97 Å². The van der Waals surface area contributed by atoms with Crippen LogP contribution in [0.3, 0.4) is 0 Å². The van der Waals surface area contributed by atoms with Crippen LogP contribution in [0.1, 0.15) is 11.5 Å². The van der Waals surface area contributed by atoms with Crippen molar-refractivity contribution in [1.29, 1.82) is 0 Å². The molecule has 21 heavy (non-hydrogen) atoms. The monoisotopic (exact) mass is 286 g/mol. The summed E-state index contributed by atoms with van der Waals surface area (Å²) >= 11 is 0. The summed E-state index contributed by atoms with van der Waals surface area (Å²) in [5.74, 6) is -1.66. The molecule has 2 aromatic rings. The van der Waals surface area contributed by atoms with Gasteiger partial charge in [0.05, 0.1) is 10.8 Å². The van der Waals surface area contributed by atoms with Crippen LogP contribution in [-0.2, 0) is 4.79 Å². The maximum Gasteiger partial charge on any atom is 0.312 e. The number of nitro groups is 1. The Kier molecular flexibility index (Phi) is 4.50. The number of nitro benzene ring substituents is 1. The molecule has 2 N–H and O–H groups in total. The second kappa shape index (κ2) is 6.51. The molecule has 0 aliphatic carbocycles. The van der Waals surface area contributed by atoms with Gasteiger partial charge in [-0.2, -0.15) is 0 Å². The van der Waals surface area contributed by atoms with Gasteiger partial charge in [0, 0.05) is 24.4 Å². The van der Waals surface area contributed by atoms with E-state index in [0.29, 0.717) is 11.3 Å². The summed E-state index contributed by atoms with van der Waals surface area (Å²) < 4.78 is 0. The smallest absolute Gasteiger partial charge is 0.312 e. The molecule has 108 valence electrons. The van der Waals surface area contributed by atoms with E-state index in [0.717, 1.165) is 0 Å². The Labute approximate surface area is 121 Å². The maximum atomic E-state index is 11.3. The van der Waals surface area contributed by atoms with Crippen LogP contribution >= 0.6 is 0 Å². The standard InChI is InChI=1S/C15H14N2O4/c18-15(19)14(11-5-2-1-3-6-11)10-16-12-7-4-8-13(9-12)17(20)21/h1-9,14,16H,10H2,(H,18,19). The zero-order valence-electron chi connectivity index (χ0n) is 11.1. The average Bonchev–Trinajstić information content (AvgIpc) is 2.48. The molecule has 0 radical (unpaired) electrons. The number of nitrogens with zero attached hydrogens (tertiary/aromatic N) is 1. The molecule has 6 heteroatoms. The van der Waals surface area contributed by atoms with Gasteiger partial charge in [-0.05, 0) is 11.6 Å². The van der Waals surface area contributed by atoms with E-state index in [-0.39, 0.29) is 12.2 Å². The summed E-state index contributed by atoms with van der Waals surface area (Å²) in [7, 11) is 0. The molecule has 0 heterocycles. The lowest BCUT2D eigenvalue weighted by Gasteiger charge is -2.14. The van der Waals surface area contributed by atoms with E-state index in [2.05, 4.69) is 5.32 Å². The second-order valence-electron chi connectivity index (χ2n) is 4.49. The van der Waals surface area contributed by atoms with Gasteiger partial charge in [0.1, 0.15) is 0 Å². The van der Waals surface area contributed by atoms with Crippen molar-refractivity contribution in [3.8, 4) is 0 Å². The first-order valence-corrected chi connectivity index (χ1v) is 6.34. The summed E-state index contributed by atoms with van der Waals surface area (Å²) in [6, 6.07) is 14.8. The molecule has 2 aromatic carbocycles. The van der Waals surface area contributed by atoms with E-state index >= 15 is 0 Å². The van der Waals surface area contributed by atoms with Gasteiger partial charge in [-0.1, -0.05) is 36.4 Å². The molecule has 0 aliphatic rings. The summed E-state index contributed by atoms with van der Waals surface area (Å²) in [6.45, 7) is 0.153. The van der Waals surface area contributed by atoms with Crippen molar-refractivity contribution in [2.24, 2.45) is 0 Å². The fraction of sp³-hybridized carbons (Fsp3) is 0.133. The van der Waals surface area contributed by atoms with Crippen LogP contribution in [-0.4, -0.2) is 22.5 Å². The van der Waals surface area contributed by atoms with E-state index in [1.165, 1.54) is 12.1 Å². The first-order valence-electron chi connectivity index (χ1n) is 6.34. The van der Waals surface area contributed by atoms with E-state index < -0.39 is 16.8 Å². The van der Waals surface area contributed by atoms with Crippen LogP contribution in [0.25, 0.3) is 0 Å². The van der Waals surface area contributed by atoms with Crippen molar-refractivity contribution in [3.05, 3.63) is 70.3 Å². The predicted molar refractivity (Wildman–Crippen MR) is 78.4 cm³/mol. The number of non-ortho nitro benzene ring substituents is 1. The van der Waals surface area contributed by atoms with Crippen molar-refractivity contribution in [3.63, 3.8) is 0 Å². The van der Waals surface area contributed by atoms with E-state index in [1.54, 1.807) is 36.4 Å². The zero-order valence-corrected chi connectivity index (χ0v) is 11.1. The van der Waals surface area contributed by atoms with Gasteiger partial charge in [0.2, 0.25) is 0 Å². The molecule has 0 aliphatic heterocycles. The fourth-order valence-electron chi connectivity index (χ4n) is 1.98. The SMILES string of the molecule is O=C(O)C(CNc1cccc([N+](=O)[O-])c1)c1ccccc1. The minimum absolute atomic E-state index is 0.0356. The van der Waals surface area contributed by atoms with Gasteiger partial charge in [-0.25, -0.2) is 0 Å². The predicted octanol–water partition coefficient (Wildman–Crippen LogP) is 2.88. The van der Waals surface area contributed by atoms with Gasteiger partial charge in [0.25, 0.3) is 5.69 Å². The van der Waals surface area contributed by atoms with Crippen molar-refractivity contribution in [2.45, 2.75) is 5.92 Å². The average molecular weight is 286 g/mol. The van der Waals surface area contributed by atoms with E-state index in [1.807, 2.05) is 6.07 Å². The molecule has 0 amide bonds. The highest BCUT2D eigenvalue weighted by Crippen LogP contribution is 2.20. The first kappa shape index (κ1) is 14.5.